The van der Waals surface area contributed by atoms with Crippen LogP contribution in [0.2, 0.25) is 5.15 Å². The highest BCUT2D eigenvalue weighted by Gasteiger charge is 2.23. The van der Waals surface area contributed by atoms with Crippen LogP contribution in [0.5, 0.6) is 0 Å². The maximum atomic E-state index is 13.5. The maximum Gasteiger partial charge on any atom is 0.295 e. The molecule has 4 rings (SSSR count). The van der Waals surface area contributed by atoms with E-state index in [4.69, 9.17) is 16.3 Å². The predicted molar refractivity (Wildman–Crippen MR) is 130 cm³/mol. The number of nitrogens with one attached hydrogen (secondary N) is 1. The van der Waals surface area contributed by atoms with Crippen LogP contribution in [-0.2, 0) is 4.74 Å². The van der Waals surface area contributed by atoms with Crippen LogP contribution in [0.25, 0.3) is 11.2 Å². The molecular formula is C19H19ClF2IN4OPS. The van der Waals surface area contributed by atoms with E-state index in [2.05, 4.69) is 27.4 Å². The van der Waals surface area contributed by atoms with Gasteiger partial charge in [-0.1, -0.05) is 17.7 Å². The molecule has 1 saturated heterocycles. The van der Waals surface area contributed by atoms with Gasteiger partial charge in [0.2, 0.25) is 0 Å². The average molecular weight is 583 g/mol. The second-order valence-corrected chi connectivity index (χ2v) is 10.1. The van der Waals surface area contributed by atoms with E-state index in [1.807, 2.05) is 34.4 Å². The van der Waals surface area contributed by atoms with Crippen molar-refractivity contribution in [3.8, 4) is 0 Å². The molecule has 1 aromatic carbocycles. The van der Waals surface area contributed by atoms with Crippen molar-refractivity contribution in [3.63, 3.8) is 0 Å². The van der Waals surface area contributed by atoms with Gasteiger partial charge in [0.05, 0.1) is 17.7 Å². The van der Waals surface area contributed by atoms with Crippen molar-refractivity contribution in [2.75, 3.05) is 24.8 Å². The Balaban J connectivity index is 1.73. The van der Waals surface area contributed by atoms with Gasteiger partial charge in [-0.05, 0) is 64.8 Å². The van der Waals surface area contributed by atoms with Crippen molar-refractivity contribution in [3.05, 3.63) is 40.8 Å². The lowest BCUT2D eigenvalue weighted by molar-refractivity contribution is 0.0853. The van der Waals surface area contributed by atoms with Crippen LogP contribution in [0.3, 0.4) is 0 Å². The summed E-state index contributed by atoms with van der Waals surface area (Å²) >= 11 is 9.89. The number of ether oxygens (including phenoxy) is 1. The molecule has 1 aliphatic heterocycles. The summed E-state index contributed by atoms with van der Waals surface area (Å²) in [6.45, 7) is 1.58. The van der Waals surface area contributed by atoms with E-state index in [0.29, 0.717) is 22.8 Å². The number of hydrogen-bond donors (Lipinski definition) is 1. The van der Waals surface area contributed by atoms with Gasteiger partial charge in [0.25, 0.3) is 6.43 Å². The van der Waals surface area contributed by atoms with Crippen LogP contribution in [0, 0.1) is 0 Å². The molecule has 1 aliphatic rings. The Bertz CT molecular complexity index is 1060. The quantitative estimate of drug-likeness (QED) is 0.145. The first-order chi connectivity index (χ1) is 14.5. The summed E-state index contributed by atoms with van der Waals surface area (Å²) in [5.41, 5.74) is 3.49. The molecule has 2 aromatic heterocycles. The summed E-state index contributed by atoms with van der Waals surface area (Å²) in [7, 11) is 0. The topological polar surface area (TPSA) is 52.0 Å². The Hall–Kier alpha value is -0.740. The van der Waals surface area contributed by atoms with Gasteiger partial charge < -0.3 is 10.1 Å². The van der Waals surface area contributed by atoms with Gasteiger partial charge in [0, 0.05) is 24.2 Å². The minimum Gasteiger partial charge on any atom is -0.381 e. The third-order valence-electron chi connectivity index (χ3n) is 5.08. The van der Waals surface area contributed by atoms with Crippen LogP contribution in [-0.4, -0.2) is 33.8 Å². The van der Waals surface area contributed by atoms with E-state index in [1.165, 1.54) is 9.90 Å². The lowest BCUT2D eigenvalue weighted by Gasteiger charge is -2.23. The number of nitrogens with zero attached hydrogens (tertiary/aromatic N) is 3. The molecule has 30 heavy (non-hydrogen) atoms. The molecular weight excluding hydrogens is 564 g/mol. The molecule has 1 fully saturated rings. The van der Waals surface area contributed by atoms with Gasteiger partial charge >= 0.3 is 0 Å². The number of fused-ring (bicyclic) bond motifs is 1. The Morgan fingerprint density at radius 2 is 2.03 bits per heavy atom. The minimum absolute atomic E-state index is 0.0396. The third kappa shape index (κ3) is 4.55. The summed E-state index contributed by atoms with van der Waals surface area (Å²) in [6, 6.07) is 7.97. The van der Waals surface area contributed by atoms with E-state index >= 15 is 0 Å². The summed E-state index contributed by atoms with van der Waals surface area (Å²) < 4.78 is 33.8. The first-order valence-electron chi connectivity index (χ1n) is 9.28. The van der Waals surface area contributed by atoms with Crippen LogP contribution < -0.4 is 5.32 Å². The van der Waals surface area contributed by atoms with Gasteiger partial charge in [-0.3, -0.25) is 4.34 Å². The summed E-state index contributed by atoms with van der Waals surface area (Å²) in [5, 5.41) is 3.58. The zero-order valence-electron chi connectivity index (χ0n) is 16.0. The standard InChI is InChI=1S/C19H19ClF2IN4OPS/c1-30-14-8-11(10-4-6-28-7-5-10)2-3-12(14)24-13-9-15(20)25-18-16(13)26-19(17(21)22)27(18)29-23/h2-3,8-10,17,29H,4-7H2,1H3,(H,24,25). The molecule has 0 amide bonds. The molecule has 3 aromatic rings. The molecule has 1 unspecified atom stereocenters. The number of halogens is 4. The molecule has 0 aliphatic carbocycles. The monoisotopic (exact) mass is 582 g/mol. The lowest BCUT2D eigenvalue weighted by Crippen LogP contribution is -2.14. The molecule has 1 atom stereocenters. The van der Waals surface area contributed by atoms with Crippen molar-refractivity contribution < 1.29 is 13.5 Å². The number of anilines is 2. The zero-order valence-corrected chi connectivity index (χ0v) is 20.7. The zero-order chi connectivity index (χ0) is 21.3. The number of imidazole rings is 1. The van der Waals surface area contributed by atoms with Crippen LogP contribution in [0.1, 0.15) is 36.6 Å². The highest BCUT2D eigenvalue weighted by Crippen LogP contribution is 2.40. The fraction of sp³-hybridized carbons (Fsp3) is 0.368. The second-order valence-electron chi connectivity index (χ2n) is 6.83. The SMILES string of the molecule is CSc1cc(C2CCOCC2)ccc1Nc1cc(Cl)nc2c1nc(C(F)F)n2PI. The molecule has 0 radical (unpaired) electrons. The van der Waals surface area contributed by atoms with Gasteiger partial charge in [-0.2, -0.15) is 0 Å². The highest BCUT2D eigenvalue weighted by atomic mass is 127. The van der Waals surface area contributed by atoms with Crippen LogP contribution in [0.15, 0.2) is 29.2 Å². The fourth-order valence-corrected chi connectivity index (χ4v) is 6.28. The Morgan fingerprint density at radius 1 is 1.27 bits per heavy atom. The molecule has 1 N–H and O–H groups in total. The Labute approximate surface area is 197 Å². The number of rotatable bonds is 6. The molecule has 11 heteroatoms. The van der Waals surface area contributed by atoms with Gasteiger partial charge in [-0.15, -0.1) is 11.8 Å². The predicted octanol–water partition coefficient (Wildman–Crippen LogP) is 7.17. The summed E-state index contributed by atoms with van der Waals surface area (Å²) in [6.07, 6.45) is 1.41. The molecule has 0 saturated carbocycles. The van der Waals surface area contributed by atoms with E-state index < -0.39 is 6.43 Å². The smallest absolute Gasteiger partial charge is 0.295 e. The van der Waals surface area contributed by atoms with E-state index in [1.54, 1.807) is 17.8 Å². The number of thioether (sulfide) groups is 1. The number of hydrogen-bond acceptors (Lipinski definition) is 5. The average Bonchev–Trinajstić information content (AvgIpc) is 3.13. The Kier molecular flexibility index (Phi) is 7.34. The van der Waals surface area contributed by atoms with Gasteiger partial charge in [0.1, 0.15) is 10.7 Å². The molecule has 160 valence electrons. The number of benzene rings is 1. The van der Waals surface area contributed by atoms with Crippen molar-refractivity contribution in [1.29, 1.82) is 0 Å². The Morgan fingerprint density at radius 3 is 2.70 bits per heavy atom. The molecule has 5 nitrogen and oxygen atoms in total. The van der Waals surface area contributed by atoms with E-state index in [-0.39, 0.29) is 17.4 Å². The fourth-order valence-electron chi connectivity index (χ4n) is 3.60. The first-order valence-corrected chi connectivity index (χ1v) is 14.9. The van der Waals surface area contributed by atoms with Gasteiger partial charge in [-0.25, -0.2) is 18.7 Å². The van der Waals surface area contributed by atoms with Crippen LogP contribution in [0.4, 0.5) is 20.2 Å². The molecule has 0 bridgehead atoms. The van der Waals surface area contributed by atoms with E-state index in [9.17, 15) is 8.78 Å². The minimum atomic E-state index is -2.69. The molecule has 3 heterocycles. The highest BCUT2D eigenvalue weighted by molar-refractivity contribution is 14.2. The normalized spacial score (nSPS) is 15.7. The largest absolute Gasteiger partial charge is 0.381 e. The van der Waals surface area contributed by atoms with E-state index in [0.717, 1.165) is 36.6 Å². The number of aromatic nitrogens is 3. The lowest BCUT2D eigenvalue weighted by atomic mass is 9.91. The maximum absolute atomic E-state index is 13.5. The summed E-state index contributed by atoms with van der Waals surface area (Å²) in [5.74, 6) is 0.199. The molecule has 0 spiro atoms. The second kappa shape index (κ2) is 9.81. The van der Waals surface area contributed by atoms with Crippen molar-refractivity contribution >= 4 is 74.3 Å². The number of alkyl halides is 2. The first kappa shape index (κ1) is 22.5. The van der Waals surface area contributed by atoms with Crippen molar-refractivity contribution in [2.24, 2.45) is 0 Å². The van der Waals surface area contributed by atoms with Crippen molar-refractivity contribution in [2.45, 2.75) is 30.1 Å². The van der Waals surface area contributed by atoms with Crippen molar-refractivity contribution in [1.82, 2.24) is 14.3 Å². The summed E-state index contributed by atoms with van der Waals surface area (Å²) in [4.78, 5) is 9.50. The van der Waals surface area contributed by atoms with Crippen LogP contribution >= 0.6 is 51.8 Å². The van der Waals surface area contributed by atoms with Gasteiger partial charge in [0.15, 0.2) is 11.5 Å². The third-order valence-corrected chi connectivity index (χ3v) is 8.11. The number of pyridine rings is 1.